The number of aromatic amines is 1. The van der Waals surface area contributed by atoms with Crippen LogP contribution >= 0.6 is 0 Å². The lowest BCUT2D eigenvalue weighted by Crippen LogP contribution is -2.36. The van der Waals surface area contributed by atoms with Gasteiger partial charge in [0.1, 0.15) is 0 Å². The second kappa shape index (κ2) is 9.46. The zero-order chi connectivity index (χ0) is 22.7. The maximum Gasteiger partial charge on any atom is 0.373 e. The first-order valence-electron chi connectivity index (χ1n) is 10.9. The summed E-state index contributed by atoms with van der Waals surface area (Å²) >= 11 is 0. The number of hydrogen-bond donors (Lipinski definition) is 1. The van der Waals surface area contributed by atoms with Crippen LogP contribution in [0.4, 0.5) is 0 Å². The fourth-order valence-electron chi connectivity index (χ4n) is 4.70. The molecule has 2 aliphatic rings. The Kier molecular flexibility index (Phi) is 6.48. The summed E-state index contributed by atoms with van der Waals surface area (Å²) in [5.41, 5.74) is 3.04. The number of benzene rings is 1. The van der Waals surface area contributed by atoms with Gasteiger partial charge in [-0.3, -0.25) is 14.3 Å². The zero-order valence-electron chi connectivity index (χ0n) is 18.1. The molecular formula is C23H26N4O5. The number of aryl methyl sites for hydroxylation is 1. The number of carbonyl (C=O) groups excluding carboxylic acids is 3. The molecule has 2 fully saturated rings. The number of piperidine rings is 1. The molecule has 2 aliphatic heterocycles. The molecule has 0 bridgehead atoms. The standard InChI is InChI=1S/C22H26N4O3.CO2/c1-14-11-19-17(12-16(14)22(28)25-7-3-2-4-8-25)20-18(21(27)24-19)13-23-26(20)15-5-9-29-10-6-15;2-1-3/h11-13,15H,2-10H2,1H3,(H,24,27);. The van der Waals surface area contributed by atoms with Crippen molar-refractivity contribution in [3.63, 3.8) is 0 Å². The third-order valence-corrected chi connectivity index (χ3v) is 6.32. The number of hydrogen-bond acceptors (Lipinski definition) is 6. The number of carbonyl (C=O) groups is 1. The molecule has 0 saturated carbocycles. The quantitative estimate of drug-likeness (QED) is 0.658. The highest BCUT2D eigenvalue weighted by Gasteiger charge is 2.24. The van der Waals surface area contributed by atoms with E-state index in [9.17, 15) is 9.59 Å². The number of rotatable bonds is 2. The van der Waals surface area contributed by atoms with Crippen molar-refractivity contribution in [1.82, 2.24) is 19.7 Å². The molecule has 9 heteroatoms. The monoisotopic (exact) mass is 438 g/mol. The van der Waals surface area contributed by atoms with Gasteiger partial charge in [-0.15, -0.1) is 0 Å². The zero-order valence-corrected chi connectivity index (χ0v) is 18.1. The Hall–Kier alpha value is -3.29. The Morgan fingerprint density at radius 3 is 2.50 bits per heavy atom. The highest BCUT2D eigenvalue weighted by Crippen LogP contribution is 2.30. The Balaban J connectivity index is 0.000000775. The molecule has 2 aromatic heterocycles. The summed E-state index contributed by atoms with van der Waals surface area (Å²) in [5, 5.41) is 6.02. The summed E-state index contributed by atoms with van der Waals surface area (Å²) in [6.07, 6.45) is 6.95. The fourth-order valence-corrected chi connectivity index (χ4v) is 4.70. The van der Waals surface area contributed by atoms with Gasteiger partial charge in [0.25, 0.3) is 11.5 Å². The molecule has 3 aromatic rings. The number of fused-ring (bicyclic) bond motifs is 3. The number of H-pyrrole nitrogens is 1. The van der Waals surface area contributed by atoms with Crippen LogP contribution in [0.5, 0.6) is 0 Å². The lowest BCUT2D eigenvalue weighted by molar-refractivity contribution is -0.191. The van der Waals surface area contributed by atoms with Gasteiger partial charge >= 0.3 is 6.15 Å². The topological polar surface area (TPSA) is 114 Å². The Bertz CT molecular complexity index is 1230. The van der Waals surface area contributed by atoms with E-state index in [1.54, 1.807) is 6.20 Å². The van der Waals surface area contributed by atoms with Crippen molar-refractivity contribution in [3.8, 4) is 0 Å². The van der Waals surface area contributed by atoms with E-state index in [-0.39, 0.29) is 23.7 Å². The molecule has 0 radical (unpaired) electrons. The minimum Gasteiger partial charge on any atom is -0.381 e. The summed E-state index contributed by atoms with van der Waals surface area (Å²) in [5.74, 6) is 0.0839. The predicted octanol–water partition coefficient (Wildman–Crippen LogP) is 2.58. The van der Waals surface area contributed by atoms with E-state index in [4.69, 9.17) is 14.3 Å². The van der Waals surface area contributed by atoms with Crippen molar-refractivity contribution in [2.75, 3.05) is 26.3 Å². The Labute approximate surface area is 184 Å². The van der Waals surface area contributed by atoms with Crippen LogP contribution in [0, 0.1) is 6.92 Å². The third kappa shape index (κ3) is 4.09. The molecule has 2 saturated heterocycles. The molecule has 5 rings (SSSR count). The van der Waals surface area contributed by atoms with Crippen LogP contribution in [-0.2, 0) is 14.3 Å². The van der Waals surface area contributed by atoms with Crippen molar-refractivity contribution in [2.24, 2.45) is 0 Å². The molecular weight excluding hydrogens is 412 g/mol. The summed E-state index contributed by atoms with van der Waals surface area (Å²) < 4.78 is 7.47. The van der Waals surface area contributed by atoms with E-state index in [1.807, 2.05) is 28.6 Å². The Morgan fingerprint density at radius 2 is 1.81 bits per heavy atom. The molecule has 1 N–H and O–H groups in total. The first-order valence-corrected chi connectivity index (χ1v) is 10.9. The number of pyridine rings is 1. The molecule has 4 heterocycles. The number of ether oxygens (including phenoxy) is 1. The van der Waals surface area contributed by atoms with Gasteiger partial charge < -0.3 is 14.6 Å². The molecule has 168 valence electrons. The van der Waals surface area contributed by atoms with Crippen LogP contribution < -0.4 is 5.56 Å². The van der Waals surface area contributed by atoms with E-state index in [0.717, 1.165) is 60.8 Å². The van der Waals surface area contributed by atoms with Crippen molar-refractivity contribution in [3.05, 3.63) is 39.8 Å². The van der Waals surface area contributed by atoms with Gasteiger partial charge in [0, 0.05) is 37.3 Å². The first-order chi connectivity index (χ1) is 15.5. The lowest BCUT2D eigenvalue weighted by atomic mass is 10.0. The molecule has 1 amide bonds. The maximum atomic E-state index is 13.2. The van der Waals surface area contributed by atoms with Gasteiger partial charge in [-0.05, 0) is 56.7 Å². The molecule has 9 nitrogen and oxygen atoms in total. The van der Waals surface area contributed by atoms with Gasteiger partial charge in [-0.1, -0.05) is 0 Å². The van der Waals surface area contributed by atoms with Gasteiger partial charge in [0.2, 0.25) is 0 Å². The van der Waals surface area contributed by atoms with Crippen LogP contribution in [-0.4, -0.2) is 58.0 Å². The van der Waals surface area contributed by atoms with Crippen LogP contribution in [0.15, 0.2) is 23.1 Å². The van der Waals surface area contributed by atoms with Crippen molar-refractivity contribution < 1.29 is 19.1 Å². The van der Waals surface area contributed by atoms with E-state index in [1.165, 1.54) is 6.42 Å². The van der Waals surface area contributed by atoms with Gasteiger partial charge in [0.15, 0.2) is 0 Å². The molecule has 0 aliphatic carbocycles. The Morgan fingerprint density at radius 1 is 1.12 bits per heavy atom. The summed E-state index contributed by atoms with van der Waals surface area (Å²) in [6.45, 7) is 4.97. The first kappa shape index (κ1) is 21.9. The second-order valence-electron chi connectivity index (χ2n) is 8.30. The molecule has 1 aromatic carbocycles. The van der Waals surface area contributed by atoms with Gasteiger partial charge in [0.05, 0.1) is 28.7 Å². The lowest BCUT2D eigenvalue weighted by Gasteiger charge is -2.27. The maximum absolute atomic E-state index is 13.2. The van der Waals surface area contributed by atoms with Crippen molar-refractivity contribution in [2.45, 2.75) is 45.1 Å². The molecule has 0 spiro atoms. The van der Waals surface area contributed by atoms with E-state index < -0.39 is 0 Å². The summed E-state index contributed by atoms with van der Waals surface area (Å²) in [6, 6.07) is 4.08. The predicted molar refractivity (Wildman–Crippen MR) is 116 cm³/mol. The van der Waals surface area contributed by atoms with Gasteiger partial charge in [-0.2, -0.15) is 14.7 Å². The second-order valence-corrected chi connectivity index (χ2v) is 8.30. The summed E-state index contributed by atoms with van der Waals surface area (Å²) in [4.78, 5) is 47.0. The average Bonchev–Trinajstić information content (AvgIpc) is 3.26. The average molecular weight is 438 g/mol. The highest BCUT2D eigenvalue weighted by molar-refractivity contribution is 6.07. The normalized spacial score (nSPS) is 17.1. The SMILES string of the molecule is Cc1cc2[nH]c(=O)c3cnn(C4CCOCC4)c3c2cc1C(=O)N1CCCCC1.O=C=O. The van der Waals surface area contributed by atoms with E-state index in [0.29, 0.717) is 24.2 Å². The molecule has 0 atom stereocenters. The minimum atomic E-state index is -0.139. The number of likely N-dealkylation sites (tertiary alicyclic amines) is 1. The highest BCUT2D eigenvalue weighted by atomic mass is 16.5. The minimum absolute atomic E-state index is 0.0839. The largest absolute Gasteiger partial charge is 0.381 e. The van der Waals surface area contributed by atoms with Crippen LogP contribution in [0.1, 0.15) is 54.1 Å². The van der Waals surface area contributed by atoms with Gasteiger partial charge in [-0.25, -0.2) is 0 Å². The fraction of sp³-hybridized carbons (Fsp3) is 0.478. The molecule has 32 heavy (non-hydrogen) atoms. The number of nitrogens with one attached hydrogen (secondary N) is 1. The number of amides is 1. The van der Waals surface area contributed by atoms with Crippen LogP contribution in [0.3, 0.4) is 0 Å². The van der Waals surface area contributed by atoms with E-state index >= 15 is 0 Å². The number of aromatic nitrogens is 3. The van der Waals surface area contributed by atoms with Crippen molar-refractivity contribution >= 4 is 33.9 Å². The van der Waals surface area contributed by atoms with Crippen LogP contribution in [0.25, 0.3) is 21.8 Å². The smallest absolute Gasteiger partial charge is 0.373 e. The van der Waals surface area contributed by atoms with Crippen molar-refractivity contribution in [1.29, 1.82) is 0 Å². The van der Waals surface area contributed by atoms with E-state index in [2.05, 4.69) is 10.1 Å². The molecule has 0 unspecified atom stereocenters. The summed E-state index contributed by atoms with van der Waals surface area (Å²) in [7, 11) is 0. The number of nitrogens with zero attached hydrogens (tertiary/aromatic N) is 3. The van der Waals surface area contributed by atoms with Crippen LogP contribution in [0.2, 0.25) is 0 Å². The third-order valence-electron chi connectivity index (χ3n) is 6.32.